The molecule has 25 heavy (non-hydrogen) atoms. The maximum Gasteiger partial charge on any atom is 0.329 e. The van der Waals surface area contributed by atoms with E-state index in [9.17, 15) is 9.59 Å². The Bertz CT molecular complexity index is 946. The van der Waals surface area contributed by atoms with E-state index in [1.165, 1.54) is 5.56 Å². The van der Waals surface area contributed by atoms with Crippen molar-refractivity contribution in [3.8, 4) is 0 Å². The van der Waals surface area contributed by atoms with Gasteiger partial charge in [-0.2, -0.15) is 5.10 Å². The lowest BCUT2D eigenvalue weighted by atomic mass is 9.91. The summed E-state index contributed by atoms with van der Waals surface area (Å²) in [5.74, 6) is 0.451. The number of imidazole rings is 1. The number of fused-ring (bicyclic) bond motifs is 1. The number of piperidine rings is 1. The van der Waals surface area contributed by atoms with E-state index in [2.05, 4.69) is 10.2 Å². The van der Waals surface area contributed by atoms with Crippen LogP contribution in [-0.4, -0.2) is 43.2 Å². The van der Waals surface area contributed by atoms with Crippen LogP contribution < -0.4 is 5.69 Å². The maximum atomic E-state index is 12.7. The Balaban J connectivity index is 1.48. The first-order valence-corrected chi connectivity index (χ1v) is 8.56. The number of rotatable bonds is 3. The Hall–Kier alpha value is -2.83. The number of hydrogen-bond donors (Lipinski definition) is 1. The Morgan fingerprint density at radius 1 is 1.24 bits per heavy atom. The van der Waals surface area contributed by atoms with Crippen LogP contribution in [0.2, 0.25) is 0 Å². The van der Waals surface area contributed by atoms with Crippen LogP contribution in [0.3, 0.4) is 0 Å². The second-order valence-corrected chi connectivity index (χ2v) is 6.60. The molecule has 0 saturated carbocycles. The fourth-order valence-electron chi connectivity index (χ4n) is 3.70. The minimum atomic E-state index is -0.150. The summed E-state index contributed by atoms with van der Waals surface area (Å²) in [6, 6.07) is 7.57. The Morgan fingerprint density at radius 2 is 1.96 bits per heavy atom. The van der Waals surface area contributed by atoms with Crippen LogP contribution in [-0.2, 0) is 18.4 Å². The van der Waals surface area contributed by atoms with Gasteiger partial charge >= 0.3 is 5.69 Å². The van der Waals surface area contributed by atoms with Crippen molar-refractivity contribution < 1.29 is 4.79 Å². The van der Waals surface area contributed by atoms with E-state index in [-0.39, 0.29) is 18.1 Å². The van der Waals surface area contributed by atoms with E-state index in [4.69, 9.17) is 0 Å². The highest BCUT2D eigenvalue weighted by atomic mass is 16.2. The fourth-order valence-corrected chi connectivity index (χ4v) is 3.70. The van der Waals surface area contributed by atoms with Crippen molar-refractivity contribution in [3.05, 3.63) is 52.7 Å². The number of benzene rings is 1. The van der Waals surface area contributed by atoms with Crippen LogP contribution in [0.1, 0.15) is 24.3 Å². The molecule has 0 spiro atoms. The lowest BCUT2D eigenvalue weighted by Crippen LogP contribution is -2.41. The fraction of sp³-hybridized carbons (Fsp3) is 0.389. The van der Waals surface area contributed by atoms with Gasteiger partial charge in [0.15, 0.2) is 0 Å². The van der Waals surface area contributed by atoms with Crippen molar-refractivity contribution >= 4 is 16.9 Å². The van der Waals surface area contributed by atoms with Gasteiger partial charge in [-0.05, 0) is 36.5 Å². The molecular formula is C18H21N5O2. The standard InChI is InChI=1S/C18H21N5O2/c1-21-15-4-2-3-5-16(15)23(18(21)25)12-17(24)22-8-6-13(7-9-22)14-10-19-20-11-14/h2-5,10-11,13H,6-9,12H2,1H3,(H,19,20). The molecule has 0 aliphatic carbocycles. The number of nitrogens with zero attached hydrogens (tertiary/aromatic N) is 4. The predicted molar refractivity (Wildman–Crippen MR) is 94.3 cm³/mol. The summed E-state index contributed by atoms with van der Waals surface area (Å²) in [5, 5.41) is 6.85. The van der Waals surface area contributed by atoms with Crippen LogP contribution in [0.25, 0.3) is 11.0 Å². The number of amides is 1. The number of carbonyl (C=O) groups excluding carboxylic acids is 1. The molecule has 1 aliphatic heterocycles. The minimum absolute atomic E-state index is 0.00379. The van der Waals surface area contributed by atoms with Gasteiger partial charge in [0.25, 0.3) is 0 Å². The molecule has 1 saturated heterocycles. The molecule has 3 aromatic rings. The van der Waals surface area contributed by atoms with E-state index in [0.717, 1.165) is 23.9 Å². The van der Waals surface area contributed by atoms with Gasteiger partial charge in [0.05, 0.1) is 17.2 Å². The number of para-hydroxylation sites is 2. The predicted octanol–water partition coefficient (Wildman–Crippen LogP) is 1.47. The second-order valence-electron chi connectivity index (χ2n) is 6.60. The van der Waals surface area contributed by atoms with Crippen molar-refractivity contribution in [1.82, 2.24) is 24.2 Å². The monoisotopic (exact) mass is 339 g/mol. The summed E-state index contributed by atoms with van der Waals surface area (Å²) in [5.41, 5.74) is 2.70. The van der Waals surface area contributed by atoms with Crippen molar-refractivity contribution in [2.75, 3.05) is 13.1 Å². The highest BCUT2D eigenvalue weighted by molar-refractivity contribution is 5.81. The van der Waals surface area contributed by atoms with Crippen molar-refractivity contribution in [3.63, 3.8) is 0 Å². The summed E-state index contributed by atoms with van der Waals surface area (Å²) in [6.07, 6.45) is 5.64. The molecule has 1 amide bonds. The largest absolute Gasteiger partial charge is 0.341 e. The van der Waals surface area contributed by atoms with Gasteiger partial charge in [0.2, 0.25) is 5.91 Å². The third-order valence-electron chi connectivity index (χ3n) is 5.18. The summed E-state index contributed by atoms with van der Waals surface area (Å²) in [4.78, 5) is 27.0. The van der Waals surface area contributed by atoms with Gasteiger partial charge in [-0.3, -0.25) is 19.0 Å². The summed E-state index contributed by atoms with van der Waals surface area (Å²) in [6.45, 7) is 1.53. The number of aromatic amines is 1. The average Bonchev–Trinajstić information content (AvgIpc) is 3.26. The zero-order valence-corrected chi connectivity index (χ0v) is 14.2. The van der Waals surface area contributed by atoms with E-state index in [1.807, 2.05) is 41.6 Å². The lowest BCUT2D eigenvalue weighted by Gasteiger charge is -2.31. The summed E-state index contributed by atoms with van der Waals surface area (Å²) < 4.78 is 3.16. The molecule has 3 heterocycles. The molecule has 1 aromatic carbocycles. The number of H-pyrrole nitrogens is 1. The third-order valence-corrected chi connectivity index (χ3v) is 5.18. The molecule has 7 heteroatoms. The highest BCUT2D eigenvalue weighted by Gasteiger charge is 2.25. The van der Waals surface area contributed by atoms with E-state index >= 15 is 0 Å². The quantitative estimate of drug-likeness (QED) is 0.785. The molecule has 0 atom stereocenters. The molecule has 1 aliphatic rings. The van der Waals surface area contributed by atoms with E-state index in [0.29, 0.717) is 19.0 Å². The summed E-state index contributed by atoms with van der Waals surface area (Å²) >= 11 is 0. The van der Waals surface area contributed by atoms with Crippen LogP contribution in [0.5, 0.6) is 0 Å². The Labute approximate surface area is 144 Å². The van der Waals surface area contributed by atoms with Gasteiger partial charge in [0, 0.05) is 26.3 Å². The van der Waals surface area contributed by atoms with E-state index in [1.54, 1.807) is 16.2 Å². The highest BCUT2D eigenvalue weighted by Crippen LogP contribution is 2.27. The van der Waals surface area contributed by atoms with Crippen LogP contribution >= 0.6 is 0 Å². The van der Waals surface area contributed by atoms with Gasteiger partial charge in [0.1, 0.15) is 6.54 Å². The molecule has 0 radical (unpaired) electrons. The van der Waals surface area contributed by atoms with Gasteiger partial charge in [-0.25, -0.2) is 4.79 Å². The van der Waals surface area contributed by atoms with Crippen molar-refractivity contribution in [1.29, 1.82) is 0 Å². The van der Waals surface area contributed by atoms with Crippen molar-refractivity contribution in [2.45, 2.75) is 25.3 Å². The number of carbonyl (C=O) groups is 1. The third kappa shape index (κ3) is 2.75. The maximum absolute atomic E-state index is 12.7. The average molecular weight is 339 g/mol. The number of hydrogen-bond acceptors (Lipinski definition) is 3. The topological polar surface area (TPSA) is 75.9 Å². The van der Waals surface area contributed by atoms with Gasteiger partial charge < -0.3 is 4.90 Å². The smallest absolute Gasteiger partial charge is 0.329 e. The first-order chi connectivity index (χ1) is 12.1. The molecule has 1 fully saturated rings. The molecule has 1 N–H and O–H groups in total. The molecule has 130 valence electrons. The Morgan fingerprint density at radius 3 is 2.64 bits per heavy atom. The zero-order valence-electron chi connectivity index (χ0n) is 14.2. The van der Waals surface area contributed by atoms with Gasteiger partial charge in [-0.1, -0.05) is 12.1 Å². The number of nitrogens with one attached hydrogen (secondary N) is 1. The first kappa shape index (κ1) is 15.7. The SMILES string of the molecule is Cn1c(=O)n(CC(=O)N2CCC(c3cn[nH]c3)CC2)c2ccccc21. The zero-order chi connectivity index (χ0) is 17.4. The molecular weight excluding hydrogens is 318 g/mol. The molecule has 2 aromatic heterocycles. The number of likely N-dealkylation sites (tertiary alicyclic amines) is 1. The second kappa shape index (κ2) is 6.23. The molecule has 0 bridgehead atoms. The van der Waals surface area contributed by atoms with Crippen molar-refractivity contribution in [2.24, 2.45) is 7.05 Å². The van der Waals surface area contributed by atoms with Crippen LogP contribution in [0.15, 0.2) is 41.5 Å². The van der Waals surface area contributed by atoms with Crippen LogP contribution in [0, 0.1) is 0 Å². The van der Waals surface area contributed by atoms with Gasteiger partial charge in [-0.15, -0.1) is 0 Å². The Kier molecular flexibility index (Phi) is 3.91. The summed E-state index contributed by atoms with van der Waals surface area (Å²) in [7, 11) is 1.74. The molecule has 4 rings (SSSR count). The normalized spacial score (nSPS) is 15.8. The first-order valence-electron chi connectivity index (χ1n) is 8.56. The van der Waals surface area contributed by atoms with Crippen LogP contribution in [0.4, 0.5) is 0 Å². The van der Waals surface area contributed by atoms with E-state index < -0.39 is 0 Å². The number of aryl methyl sites for hydroxylation is 1. The lowest BCUT2D eigenvalue weighted by molar-refractivity contribution is -0.132. The molecule has 7 nitrogen and oxygen atoms in total. The molecule has 0 unspecified atom stereocenters. The number of aromatic nitrogens is 4. The minimum Gasteiger partial charge on any atom is -0.341 e.